The summed E-state index contributed by atoms with van der Waals surface area (Å²) in [5.41, 5.74) is 2.12. The standard InChI is InChI=1S/C11H15N3O2/c1-16-6-5-13-11(15)14-7-9-3-2-4-12-10(9)8-14/h2-4H,5-8H2,1H3,(H,13,15). The van der Waals surface area contributed by atoms with Crippen LogP contribution >= 0.6 is 0 Å². The summed E-state index contributed by atoms with van der Waals surface area (Å²) in [6, 6.07) is 3.84. The van der Waals surface area contributed by atoms with E-state index in [1.807, 2.05) is 12.1 Å². The Balaban J connectivity index is 1.88. The molecule has 1 N–H and O–H groups in total. The van der Waals surface area contributed by atoms with Gasteiger partial charge in [0.05, 0.1) is 18.8 Å². The van der Waals surface area contributed by atoms with E-state index in [-0.39, 0.29) is 6.03 Å². The summed E-state index contributed by atoms with van der Waals surface area (Å²) in [6.07, 6.45) is 1.76. The number of aromatic nitrogens is 1. The average Bonchev–Trinajstić information content (AvgIpc) is 2.73. The Labute approximate surface area is 94.4 Å². The molecule has 16 heavy (non-hydrogen) atoms. The Hall–Kier alpha value is -1.62. The van der Waals surface area contributed by atoms with Crippen molar-refractivity contribution in [1.29, 1.82) is 0 Å². The number of urea groups is 1. The monoisotopic (exact) mass is 221 g/mol. The second-order valence-electron chi connectivity index (χ2n) is 3.69. The predicted octanol–water partition coefficient (Wildman–Crippen LogP) is 0.753. The number of nitrogens with one attached hydrogen (secondary N) is 1. The number of carbonyl (C=O) groups is 1. The molecule has 0 atom stereocenters. The first-order chi connectivity index (χ1) is 7.81. The number of nitrogens with zero attached hydrogens (tertiary/aromatic N) is 2. The van der Waals surface area contributed by atoms with Crippen LogP contribution in [0.3, 0.4) is 0 Å². The molecule has 0 fully saturated rings. The fourth-order valence-electron chi connectivity index (χ4n) is 1.72. The van der Waals surface area contributed by atoms with Crippen LogP contribution in [0.2, 0.25) is 0 Å². The number of ether oxygens (including phenoxy) is 1. The highest BCUT2D eigenvalue weighted by Gasteiger charge is 2.23. The molecular weight excluding hydrogens is 206 g/mol. The van der Waals surface area contributed by atoms with E-state index in [1.165, 1.54) is 0 Å². The van der Waals surface area contributed by atoms with E-state index in [2.05, 4.69) is 10.3 Å². The Morgan fingerprint density at radius 2 is 2.50 bits per heavy atom. The molecule has 5 nitrogen and oxygen atoms in total. The highest BCUT2D eigenvalue weighted by atomic mass is 16.5. The molecule has 2 rings (SSSR count). The number of fused-ring (bicyclic) bond motifs is 1. The van der Waals surface area contributed by atoms with Crippen molar-refractivity contribution in [3.05, 3.63) is 29.6 Å². The van der Waals surface area contributed by atoms with E-state index in [0.717, 1.165) is 11.3 Å². The van der Waals surface area contributed by atoms with Crippen LogP contribution in [0.5, 0.6) is 0 Å². The van der Waals surface area contributed by atoms with Crippen molar-refractivity contribution in [2.24, 2.45) is 0 Å². The van der Waals surface area contributed by atoms with Crippen LogP contribution in [0.4, 0.5) is 4.79 Å². The van der Waals surface area contributed by atoms with E-state index in [1.54, 1.807) is 18.2 Å². The third-order valence-electron chi connectivity index (χ3n) is 2.56. The van der Waals surface area contributed by atoms with Gasteiger partial charge in [0.1, 0.15) is 0 Å². The molecule has 0 saturated carbocycles. The van der Waals surface area contributed by atoms with Crippen molar-refractivity contribution in [3.8, 4) is 0 Å². The molecule has 0 bridgehead atoms. The topological polar surface area (TPSA) is 54.5 Å². The van der Waals surface area contributed by atoms with Crippen LogP contribution in [0.15, 0.2) is 18.3 Å². The second-order valence-corrected chi connectivity index (χ2v) is 3.69. The predicted molar refractivity (Wildman–Crippen MR) is 58.8 cm³/mol. The Kier molecular flexibility index (Phi) is 3.36. The lowest BCUT2D eigenvalue weighted by molar-refractivity contribution is 0.179. The molecule has 0 unspecified atom stereocenters. The molecule has 0 saturated heterocycles. The third kappa shape index (κ3) is 2.30. The number of amides is 2. The third-order valence-corrected chi connectivity index (χ3v) is 2.56. The van der Waals surface area contributed by atoms with Gasteiger partial charge in [-0.05, 0) is 11.6 Å². The van der Waals surface area contributed by atoms with Crippen molar-refractivity contribution in [2.45, 2.75) is 13.1 Å². The number of hydrogen-bond donors (Lipinski definition) is 1. The Bertz CT molecular complexity index is 356. The van der Waals surface area contributed by atoms with Gasteiger partial charge in [-0.25, -0.2) is 4.79 Å². The van der Waals surface area contributed by atoms with Gasteiger partial charge in [0.25, 0.3) is 0 Å². The average molecular weight is 221 g/mol. The van der Waals surface area contributed by atoms with Gasteiger partial charge in [0, 0.05) is 26.4 Å². The maximum absolute atomic E-state index is 11.7. The van der Waals surface area contributed by atoms with E-state index in [0.29, 0.717) is 26.2 Å². The van der Waals surface area contributed by atoms with Crippen LogP contribution in [0, 0.1) is 0 Å². The van der Waals surface area contributed by atoms with Crippen molar-refractivity contribution >= 4 is 6.03 Å². The summed E-state index contributed by atoms with van der Waals surface area (Å²) in [6.45, 7) is 2.30. The minimum atomic E-state index is -0.0601. The molecular formula is C11H15N3O2. The number of rotatable bonds is 3. The van der Waals surface area contributed by atoms with Crippen molar-refractivity contribution in [1.82, 2.24) is 15.2 Å². The van der Waals surface area contributed by atoms with Crippen molar-refractivity contribution in [2.75, 3.05) is 20.3 Å². The summed E-state index contributed by atoms with van der Waals surface area (Å²) in [4.78, 5) is 17.7. The zero-order chi connectivity index (χ0) is 11.4. The Morgan fingerprint density at radius 1 is 1.62 bits per heavy atom. The zero-order valence-corrected chi connectivity index (χ0v) is 9.27. The van der Waals surface area contributed by atoms with E-state index in [9.17, 15) is 4.79 Å². The summed E-state index contributed by atoms with van der Waals surface area (Å²) < 4.78 is 4.87. The van der Waals surface area contributed by atoms with E-state index in [4.69, 9.17) is 4.74 Å². The van der Waals surface area contributed by atoms with Crippen LogP contribution in [-0.4, -0.2) is 36.2 Å². The molecule has 1 aromatic heterocycles. The lowest BCUT2D eigenvalue weighted by Gasteiger charge is -2.15. The van der Waals surface area contributed by atoms with Gasteiger partial charge in [-0.1, -0.05) is 6.07 Å². The molecule has 86 valence electrons. The van der Waals surface area contributed by atoms with Gasteiger partial charge in [0.15, 0.2) is 0 Å². The van der Waals surface area contributed by atoms with Gasteiger partial charge in [-0.3, -0.25) is 4.98 Å². The lowest BCUT2D eigenvalue weighted by Crippen LogP contribution is -2.38. The number of carbonyl (C=O) groups excluding carboxylic acids is 1. The quantitative estimate of drug-likeness (QED) is 0.766. The molecule has 0 aromatic carbocycles. The van der Waals surface area contributed by atoms with Crippen LogP contribution in [0.25, 0.3) is 0 Å². The summed E-state index contributed by atoms with van der Waals surface area (Å²) >= 11 is 0. The Morgan fingerprint density at radius 3 is 3.25 bits per heavy atom. The number of pyridine rings is 1. The van der Waals surface area contributed by atoms with Crippen LogP contribution < -0.4 is 5.32 Å². The summed E-state index contributed by atoms with van der Waals surface area (Å²) in [5, 5.41) is 2.79. The fraction of sp³-hybridized carbons (Fsp3) is 0.455. The molecule has 5 heteroatoms. The number of methoxy groups -OCH3 is 1. The van der Waals surface area contributed by atoms with Crippen molar-refractivity contribution in [3.63, 3.8) is 0 Å². The maximum Gasteiger partial charge on any atom is 0.318 e. The smallest absolute Gasteiger partial charge is 0.318 e. The molecule has 0 radical (unpaired) electrons. The van der Waals surface area contributed by atoms with Gasteiger partial charge < -0.3 is 15.0 Å². The van der Waals surface area contributed by atoms with Gasteiger partial charge in [0.2, 0.25) is 0 Å². The summed E-state index contributed by atoms with van der Waals surface area (Å²) in [7, 11) is 1.61. The van der Waals surface area contributed by atoms with Crippen LogP contribution in [0.1, 0.15) is 11.3 Å². The molecule has 0 spiro atoms. The van der Waals surface area contributed by atoms with E-state index < -0.39 is 0 Å². The highest BCUT2D eigenvalue weighted by Crippen LogP contribution is 2.19. The van der Waals surface area contributed by atoms with Crippen LogP contribution in [-0.2, 0) is 17.8 Å². The van der Waals surface area contributed by atoms with Gasteiger partial charge in [-0.2, -0.15) is 0 Å². The second kappa shape index (κ2) is 4.94. The van der Waals surface area contributed by atoms with E-state index >= 15 is 0 Å². The lowest BCUT2D eigenvalue weighted by atomic mass is 10.2. The molecule has 1 aliphatic rings. The zero-order valence-electron chi connectivity index (χ0n) is 9.27. The molecule has 1 aliphatic heterocycles. The minimum Gasteiger partial charge on any atom is -0.383 e. The van der Waals surface area contributed by atoms with Gasteiger partial charge >= 0.3 is 6.03 Å². The molecule has 2 amide bonds. The largest absolute Gasteiger partial charge is 0.383 e. The highest BCUT2D eigenvalue weighted by molar-refractivity contribution is 5.74. The molecule has 0 aliphatic carbocycles. The molecule has 1 aromatic rings. The fourth-order valence-corrected chi connectivity index (χ4v) is 1.72. The first-order valence-electron chi connectivity index (χ1n) is 5.25. The SMILES string of the molecule is COCCNC(=O)N1Cc2cccnc2C1. The normalized spacial score (nSPS) is 13.7. The summed E-state index contributed by atoms with van der Waals surface area (Å²) in [5.74, 6) is 0. The van der Waals surface area contributed by atoms with Gasteiger partial charge in [-0.15, -0.1) is 0 Å². The maximum atomic E-state index is 11.7. The number of hydrogen-bond acceptors (Lipinski definition) is 3. The minimum absolute atomic E-state index is 0.0601. The first-order valence-corrected chi connectivity index (χ1v) is 5.25. The van der Waals surface area contributed by atoms with Crippen molar-refractivity contribution < 1.29 is 9.53 Å². The molecule has 2 heterocycles. The first kappa shape index (κ1) is 10.9.